The number of rotatable bonds is 5. The summed E-state index contributed by atoms with van der Waals surface area (Å²) in [5, 5.41) is 9.22. The Kier molecular flexibility index (Phi) is 4.34. The Bertz CT molecular complexity index is 511. The van der Waals surface area contributed by atoms with Crippen molar-refractivity contribution in [1.29, 1.82) is 0 Å². The number of pyridine rings is 1. The third kappa shape index (κ3) is 3.68. The van der Waals surface area contributed by atoms with Gasteiger partial charge in [-0.05, 0) is 42.8 Å². The standard InChI is InChI=1S/C15H16FNO2/c1-2-3-15(16)19-13-8-9-14(17-10-13)11-4-6-12(18)7-5-11/h4-10,15,18H,2-3H2,1H3. The van der Waals surface area contributed by atoms with Crippen LogP contribution in [0.4, 0.5) is 4.39 Å². The fourth-order valence-electron chi connectivity index (χ4n) is 1.69. The van der Waals surface area contributed by atoms with E-state index in [1.54, 1.807) is 36.4 Å². The summed E-state index contributed by atoms with van der Waals surface area (Å²) >= 11 is 0. The van der Waals surface area contributed by atoms with Crippen LogP contribution in [-0.4, -0.2) is 16.4 Å². The lowest BCUT2D eigenvalue weighted by molar-refractivity contribution is 0.0585. The molecular weight excluding hydrogens is 245 g/mol. The van der Waals surface area contributed by atoms with Gasteiger partial charge in [-0.1, -0.05) is 6.92 Å². The number of hydrogen-bond acceptors (Lipinski definition) is 3. The minimum absolute atomic E-state index is 0.212. The van der Waals surface area contributed by atoms with E-state index in [0.29, 0.717) is 12.2 Å². The average Bonchev–Trinajstić information content (AvgIpc) is 2.41. The Morgan fingerprint density at radius 3 is 2.53 bits per heavy atom. The molecule has 0 aliphatic heterocycles. The van der Waals surface area contributed by atoms with E-state index < -0.39 is 6.36 Å². The SMILES string of the molecule is CCCC(F)Oc1ccc(-c2ccc(O)cc2)nc1. The molecule has 1 aromatic heterocycles. The Hall–Kier alpha value is -2.10. The van der Waals surface area contributed by atoms with E-state index in [9.17, 15) is 9.50 Å². The third-order valence-electron chi connectivity index (χ3n) is 2.68. The van der Waals surface area contributed by atoms with E-state index in [1.807, 2.05) is 6.92 Å². The Balaban J connectivity index is 2.08. The van der Waals surface area contributed by atoms with Gasteiger partial charge in [-0.2, -0.15) is 0 Å². The van der Waals surface area contributed by atoms with Crippen molar-refractivity contribution in [2.24, 2.45) is 0 Å². The van der Waals surface area contributed by atoms with Gasteiger partial charge >= 0.3 is 0 Å². The zero-order valence-corrected chi connectivity index (χ0v) is 10.7. The van der Waals surface area contributed by atoms with E-state index in [0.717, 1.165) is 17.7 Å². The lowest BCUT2D eigenvalue weighted by Crippen LogP contribution is -2.09. The summed E-state index contributed by atoms with van der Waals surface area (Å²) in [4.78, 5) is 4.22. The number of phenolic OH excluding ortho intramolecular Hbond substituents is 1. The van der Waals surface area contributed by atoms with Crippen molar-refractivity contribution in [3.8, 4) is 22.8 Å². The second kappa shape index (κ2) is 6.18. The molecule has 0 aliphatic carbocycles. The van der Waals surface area contributed by atoms with E-state index in [4.69, 9.17) is 4.74 Å². The van der Waals surface area contributed by atoms with Crippen molar-refractivity contribution in [2.75, 3.05) is 0 Å². The summed E-state index contributed by atoms with van der Waals surface area (Å²) in [6.07, 6.45) is 1.33. The molecule has 0 saturated heterocycles. The lowest BCUT2D eigenvalue weighted by Gasteiger charge is -2.10. The largest absolute Gasteiger partial charge is 0.508 e. The molecule has 1 N–H and O–H groups in total. The molecule has 19 heavy (non-hydrogen) atoms. The first kappa shape index (κ1) is 13.3. The predicted octanol–water partition coefficient (Wildman–Crippen LogP) is 3.93. The van der Waals surface area contributed by atoms with Gasteiger partial charge in [-0.15, -0.1) is 0 Å². The molecule has 2 aromatic rings. The molecule has 4 heteroatoms. The molecular formula is C15H16FNO2. The quantitative estimate of drug-likeness (QED) is 0.886. The second-order valence-corrected chi connectivity index (χ2v) is 4.24. The van der Waals surface area contributed by atoms with Crippen molar-refractivity contribution in [1.82, 2.24) is 4.98 Å². The van der Waals surface area contributed by atoms with Crippen molar-refractivity contribution in [3.63, 3.8) is 0 Å². The first-order valence-electron chi connectivity index (χ1n) is 6.25. The predicted molar refractivity (Wildman–Crippen MR) is 71.8 cm³/mol. The van der Waals surface area contributed by atoms with Gasteiger partial charge < -0.3 is 9.84 Å². The molecule has 1 heterocycles. The topological polar surface area (TPSA) is 42.4 Å². The minimum Gasteiger partial charge on any atom is -0.508 e. The van der Waals surface area contributed by atoms with Crippen molar-refractivity contribution in [2.45, 2.75) is 26.1 Å². The molecule has 0 spiro atoms. The minimum atomic E-state index is -1.29. The Morgan fingerprint density at radius 1 is 1.21 bits per heavy atom. The van der Waals surface area contributed by atoms with Crippen LogP contribution in [0, 0.1) is 0 Å². The fourth-order valence-corrected chi connectivity index (χ4v) is 1.69. The fraction of sp³-hybridized carbons (Fsp3) is 0.267. The number of ether oxygens (including phenoxy) is 1. The molecule has 0 radical (unpaired) electrons. The smallest absolute Gasteiger partial charge is 0.238 e. The third-order valence-corrected chi connectivity index (χ3v) is 2.68. The molecule has 1 atom stereocenters. The molecule has 0 aliphatic rings. The number of phenols is 1. The highest BCUT2D eigenvalue weighted by molar-refractivity contribution is 5.60. The first-order valence-corrected chi connectivity index (χ1v) is 6.25. The van der Waals surface area contributed by atoms with Crippen LogP contribution in [0.15, 0.2) is 42.6 Å². The highest BCUT2D eigenvalue weighted by atomic mass is 19.1. The molecule has 1 unspecified atom stereocenters. The molecule has 0 amide bonds. The van der Waals surface area contributed by atoms with Crippen LogP contribution in [0.3, 0.4) is 0 Å². The van der Waals surface area contributed by atoms with Crippen LogP contribution in [0.2, 0.25) is 0 Å². The van der Waals surface area contributed by atoms with E-state index in [-0.39, 0.29) is 5.75 Å². The van der Waals surface area contributed by atoms with Gasteiger partial charge in [0.25, 0.3) is 0 Å². The summed E-state index contributed by atoms with van der Waals surface area (Å²) < 4.78 is 18.4. The van der Waals surface area contributed by atoms with Crippen molar-refractivity contribution >= 4 is 0 Å². The number of halogens is 1. The molecule has 1 aromatic carbocycles. The number of aromatic nitrogens is 1. The van der Waals surface area contributed by atoms with E-state index >= 15 is 0 Å². The maximum absolute atomic E-state index is 13.3. The van der Waals surface area contributed by atoms with Gasteiger partial charge in [0, 0.05) is 12.0 Å². The lowest BCUT2D eigenvalue weighted by atomic mass is 10.1. The summed E-state index contributed by atoms with van der Waals surface area (Å²) in [6, 6.07) is 10.2. The van der Waals surface area contributed by atoms with Crippen LogP contribution in [0.1, 0.15) is 19.8 Å². The number of alkyl halides is 1. The Morgan fingerprint density at radius 2 is 1.95 bits per heavy atom. The number of benzene rings is 1. The zero-order valence-electron chi connectivity index (χ0n) is 10.7. The Labute approximate surface area is 111 Å². The molecule has 0 fully saturated rings. The highest BCUT2D eigenvalue weighted by Gasteiger charge is 2.07. The van der Waals surface area contributed by atoms with Crippen molar-refractivity contribution < 1.29 is 14.2 Å². The second-order valence-electron chi connectivity index (χ2n) is 4.24. The molecule has 2 rings (SSSR count). The van der Waals surface area contributed by atoms with Gasteiger partial charge in [0.2, 0.25) is 6.36 Å². The summed E-state index contributed by atoms with van der Waals surface area (Å²) in [7, 11) is 0. The van der Waals surface area contributed by atoms with E-state index in [2.05, 4.69) is 4.98 Å². The number of nitrogens with zero attached hydrogens (tertiary/aromatic N) is 1. The number of hydrogen-bond donors (Lipinski definition) is 1. The van der Waals surface area contributed by atoms with Gasteiger partial charge in [-0.3, -0.25) is 4.98 Å². The first-order chi connectivity index (χ1) is 9.19. The van der Waals surface area contributed by atoms with E-state index in [1.165, 1.54) is 6.20 Å². The van der Waals surface area contributed by atoms with Crippen LogP contribution in [-0.2, 0) is 0 Å². The summed E-state index contributed by atoms with van der Waals surface area (Å²) in [5.74, 6) is 0.631. The number of aromatic hydroxyl groups is 1. The maximum atomic E-state index is 13.3. The van der Waals surface area contributed by atoms with Gasteiger partial charge in [0.1, 0.15) is 11.5 Å². The van der Waals surface area contributed by atoms with Gasteiger partial charge in [0.05, 0.1) is 11.9 Å². The van der Waals surface area contributed by atoms with Crippen LogP contribution in [0.5, 0.6) is 11.5 Å². The van der Waals surface area contributed by atoms with Crippen LogP contribution < -0.4 is 4.74 Å². The molecule has 100 valence electrons. The molecule has 0 bridgehead atoms. The summed E-state index contributed by atoms with van der Waals surface area (Å²) in [5.41, 5.74) is 1.63. The van der Waals surface area contributed by atoms with Gasteiger partial charge in [-0.25, -0.2) is 4.39 Å². The summed E-state index contributed by atoms with van der Waals surface area (Å²) in [6.45, 7) is 1.90. The normalized spacial score (nSPS) is 12.1. The van der Waals surface area contributed by atoms with Crippen molar-refractivity contribution in [3.05, 3.63) is 42.6 Å². The van der Waals surface area contributed by atoms with Crippen LogP contribution in [0.25, 0.3) is 11.3 Å². The van der Waals surface area contributed by atoms with Crippen LogP contribution >= 0.6 is 0 Å². The average molecular weight is 261 g/mol. The molecule has 3 nitrogen and oxygen atoms in total. The van der Waals surface area contributed by atoms with Gasteiger partial charge in [0.15, 0.2) is 0 Å². The highest BCUT2D eigenvalue weighted by Crippen LogP contribution is 2.22. The maximum Gasteiger partial charge on any atom is 0.238 e. The molecule has 0 saturated carbocycles. The monoisotopic (exact) mass is 261 g/mol. The zero-order chi connectivity index (χ0) is 13.7.